The molecule has 1 fully saturated rings. The van der Waals surface area contributed by atoms with E-state index in [1.807, 2.05) is 6.92 Å². The van der Waals surface area contributed by atoms with Crippen molar-refractivity contribution in [1.82, 2.24) is 10.3 Å². The van der Waals surface area contributed by atoms with Crippen molar-refractivity contribution in [1.29, 1.82) is 0 Å². The van der Waals surface area contributed by atoms with Crippen LogP contribution in [0.25, 0.3) is 0 Å². The quantitative estimate of drug-likeness (QED) is 0.760. The van der Waals surface area contributed by atoms with Crippen LogP contribution in [0.2, 0.25) is 0 Å². The lowest BCUT2D eigenvalue weighted by atomic mass is 10.1. The highest BCUT2D eigenvalue weighted by molar-refractivity contribution is 7.18. The van der Waals surface area contributed by atoms with Gasteiger partial charge in [0.1, 0.15) is 10.7 Å². The minimum absolute atomic E-state index is 0.0542. The number of carbonyl (C=O) groups is 1. The molecule has 2 heterocycles. The summed E-state index contributed by atoms with van der Waals surface area (Å²) in [4.78, 5) is 19.1. The Labute approximate surface area is 123 Å². The number of hydrogen-bond acceptors (Lipinski definition) is 6. The number of aliphatic hydroxyl groups excluding tert-OH is 1. The first-order chi connectivity index (χ1) is 9.61. The fourth-order valence-corrected chi connectivity index (χ4v) is 3.20. The van der Waals surface area contributed by atoms with Gasteiger partial charge in [0.2, 0.25) is 0 Å². The molecule has 1 saturated heterocycles. The Morgan fingerprint density at radius 1 is 1.50 bits per heavy atom. The maximum atomic E-state index is 12.1. The molecule has 0 radical (unpaired) electrons. The third kappa shape index (κ3) is 3.61. The molecule has 2 rings (SSSR count). The van der Waals surface area contributed by atoms with Crippen LogP contribution in [-0.4, -0.2) is 41.7 Å². The number of amides is 1. The zero-order valence-electron chi connectivity index (χ0n) is 11.8. The van der Waals surface area contributed by atoms with E-state index in [4.69, 9.17) is 10.8 Å². The number of aliphatic hydroxyl groups is 1. The monoisotopic (exact) mass is 298 g/mol. The zero-order valence-corrected chi connectivity index (χ0v) is 12.6. The number of piperidine rings is 1. The van der Waals surface area contributed by atoms with Gasteiger partial charge >= 0.3 is 0 Å². The highest BCUT2D eigenvalue weighted by atomic mass is 32.1. The van der Waals surface area contributed by atoms with E-state index >= 15 is 0 Å². The number of thiazole rings is 1. The van der Waals surface area contributed by atoms with E-state index in [9.17, 15) is 4.79 Å². The molecular weight excluding hydrogens is 276 g/mol. The lowest BCUT2D eigenvalue weighted by Crippen LogP contribution is -2.33. The number of nitrogens with one attached hydrogen (secondary N) is 1. The predicted molar refractivity (Wildman–Crippen MR) is 81.2 cm³/mol. The molecule has 112 valence electrons. The summed E-state index contributed by atoms with van der Waals surface area (Å²) in [5.74, 6) is 0.0912. The Morgan fingerprint density at radius 3 is 2.85 bits per heavy atom. The van der Waals surface area contributed by atoms with Crippen LogP contribution in [0.3, 0.4) is 0 Å². The van der Waals surface area contributed by atoms with Crippen molar-refractivity contribution in [3.63, 3.8) is 0 Å². The number of aromatic nitrogens is 1. The van der Waals surface area contributed by atoms with Crippen LogP contribution in [0, 0.1) is 0 Å². The number of nitrogens with two attached hydrogens (primary N) is 1. The van der Waals surface area contributed by atoms with Gasteiger partial charge in [-0.25, -0.2) is 4.98 Å². The van der Waals surface area contributed by atoms with Crippen LogP contribution in [0.1, 0.15) is 42.3 Å². The van der Waals surface area contributed by atoms with Crippen molar-refractivity contribution in [2.45, 2.75) is 38.6 Å². The zero-order chi connectivity index (χ0) is 14.5. The minimum atomic E-state index is -0.204. The van der Waals surface area contributed by atoms with Crippen molar-refractivity contribution in [2.75, 3.05) is 30.3 Å². The summed E-state index contributed by atoms with van der Waals surface area (Å²) in [6.07, 6.45) is 4.11. The summed E-state index contributed by atoms with van der Waals surface area (Å²) >= 11 is 1.35. The fourth-order valence-electron chi connectivity index (χ4n) is 2.26. The predicted octanol–water partition coefficient (Wildman–Crippen LogP) is 1.22. The maximum Gasteiger partial charge on any atom is 0.265 e. The van der Waals surface area contributed by atoms with E-state index in [0.29, 0.717) is 17.1 Å². The number of anilines is 2. The van der Waals surface area contributed by atoms with Gasteiger partial charge in [-0.15, -0.1) is 0 Å². The molecular formula is C13H22N4O2S. The lowest BCUT2D eigenvalue weighted by molar-refractivity contribution is 0.0939. The molecule has 1 unspecified atom stereocenters. The number of hydrogen-bond donors (Lipinski definition) is 3. The molecule has 6 nitrogen and oxygen atoms in total. The van der Waals surface area contributed by atoms with Crippen molar-refractivity contribution in [3.05, 3.63) is 4.88 Å². The van der Waals surface area contributed by atoms with E-state index in [-0.39, 0.29) is 18.6 Å². The van der Waals surface area contributed by atoms with Gasteiger partial charge in [0.05, 0.1) is 0 Å². The lowest BCUT2D eigenvalue weighted by Gasteiger charge is -2.25. The summed E-state index contributed by atoms with van der Waals surface area (Å²) < 4.78 is 0. The molecule has 4 N–H and O–H groups in total. The molecule has 1 amide bonds. The van der Waals surface area contributed by atoms with E-state index in [0.717, 1.165) is 31.1 Å². The van der Waals surface area contributed by atoms with E-state index in [1.54, 1.807) is 0 Å². The third-order valence-electron chi connectivity index (χ3n) is 3.41. The second-order valence-corrected chi connectivity index (χ2v) is 6.12. The van der Waals surface area contributed by atoms with Crippen LogP contribution >= 0.6 is 11.3 Å². The van der Waals surface area contributed by atoms with Crippen molar-refractivity contribution >= 4 is 28.2 Å². The molecule has 0 aliphatic carbocycles. The Kier molecular flexibility index (Phi) is 5.19. The maximum absolute atomic E-state index is 12.1. The largest absolute Gasteiger partial charge is 0.396 e. The normalized spacial score (nSPS) is 17.0. The molecule has 0 saturated carbocycles. The second kappa shape index (κ2) is 6.90. The Hall–Kier alpha value is -1.34. The van der Waals surface area contributed by atoms with Gasteiger partial charge in [0.15, 0.2) is 5.13 Å². The molecule has 1 aliphatic heterocycles. The molecule has 1 aliphatic rings. The fraction of sp³-hybridized carbons (Fsp3) is 0.692. The van der Waals surface area contributed by atoms with E-state index < -0.39 is 0 Å². The molecule has 20 heavy (non-hydrogen) atoms. The first kappa shape index (κ1) is 15.1. The number of nitrogens with zero attached hydrogens (tertiary/aromatic N) is 2. The van der Waals surface area contributed by atoms with Crippen LogP contribution in [-0.2, 0) is 0 Å². The van der Waals surface area contributed by atoms with Gasteiger partial charge in [0.25, 0.3) is 5.91 Å². The first-order valence-electron chi connectivity index (χ1n) is 7.04. The van der Waals surface area contributed by atoms with Gasteiger partial charge in [-0.2, -0.15) is 0 Å². The van der Waals surface area contributed by atoms with Gasteiger partial charge in [-0.05, 0) is 32.6 Å². The first-order valence-corrected chi connectivity index (χ1v) is 7.86. The summed E-state index contributed by atoms with van der Waals surface area (Å²) in [7, 11) is 0. The molecule has 0 bridgehead atoms. The smallest absolute Gasteiger partial charge is 0.265 e. The second-order valence-electron chi connectivity index (χ2n) is 5.15. The SMILES string of the molecule is CC(CCO)NC(=O)c1sc(N2CCCCC2)nc1N. The van der Waals surface area contributed by atoms with E-state index in [1.165, 1.54) is 17.8 Å². The molecule has 0 aromatic carbocycles. The molecule has 1 aromatic heterocycles. The Balaban J connectivity index is 2.04. The summed E-state index contributed by atoms with van der Waals surface area (Å²) in [5, 5.41) is 12.5. The van der Waals surface area contributed by atoms with Gasteiger partial charge < -0.3 is 21.1 Å². The van der Waals surface area contributed by atoms with Gasteiger partial charge in [-0.1, -0.05) is 11.3 Å². The van der Waals surface area contributed by atoms with Crippen LogP contribution in [0.5, 0.6) is 0 Å². The number of carbonyl (C=O) groups excluding carboxylic acids is 1. The number of rotatable bonds is 5. The highest BCUT2D eigenvalue weighted by Crippen LogP contribution is 2.30. The van der Waals surface area contributed by atoms with Crippen molar-refractivity contribution in [2.24, 2.45) is 0 Å². The Morgan fingerprint density at radius 2 is 2.20 bits per heavy atom. The topological polar surface area (TPSA) is 91.5 Å². The van der Waals surface area contributed by atoms with Crippen LogP contribution < -0.4 is 16.0 Å². The summed E-state index contributed by atoms with van der Waals surface area (Å²) in [6.45, 7) is 3.87. The average molecular weight is 298 g/mol. The molecule has 1 aromatic rings. The summed E-state index contributed by atoms with van der Waals surface area (Å²) in [5.41, 5.74) is 5.86. The molecule has 7 heteroatoms. The summed E-state index contributed by atoms with van der Waals surface area (Å²) in [6, 6.07) is -0.0764. The van der Waals surface area contributed by atoms with E-state index in [2.05, 4.69) is 15.2 Å². The highest BCUT2D eigenvalue weighted by Gasteiger charge is 2.21. The van der Waals surface area contributed by atoms with Crippen LogP contribution in [0.4, 0.5) is 10.9 Å². The third-order valence-corrected chi connectivity index (χ3v) is 4.55. The average Bonchev–Trinajstić information content (AvgIpc) is 2.82. The standard InChI is InChI=1S/C13H22N4O2S/c1-9(5-8-18)15-12(19)10-11(14)16-13(20-10)17-6-3-2-4-7-17/h9,18H,2-8,14H2,1H3,(H,15,19). The Bertz CT molecular complexity index is 457. The van der Waals surface area contributed by atoms with Crippen LogP contribution in [0.15, 0.2) is 0 Å². The molecule has 0 spiro atoms. The van der Waals surface area contributed by atoms with Gasteiger partial charge in [-0.3, -0.25) is 4.79 Å². The minimum Gasteiger partial charge on any atom is -0.396 e. The van der Waals surface area contributed by atoms with Crippen molar-refractivity contribution in [3.8, 4) is 0 Å². The molecule has 1 atom stereocenters. The number of nitrogen functional groups attached to an aromatic ring is 1. The van der Waals surface area contributed by atoms with Crippen molar-refractivity contribution < 1.29 is 9.90 Å². The van der Waals surface area contributed by atoms with Gasteiger partial charge in [0, 0.05) is 25.7 Å².